The van der Waals surface area contributed by atoms with Gasteiger partial charge >= 0.3 is 5.97 Å². The Hall–Kier alpha value is -3.09. The Morgan fingerprint density at radius 1 is 1.09 bits per heavy atom. The van der Waals surface area contributed by atoms with Crippen molar-refractivity contribution in [2.24, 2.45) is 0 Å². The number of aryl methyl sites for hydroxylation is 1. The van der Waals surface area contributed by atoms with E-state index in [1.807, 2.05) is 42.6 Å². The van der Waals surface area contributed by atoms with Gasteiger partial charge in [0.2, 0.25) is 5.60 Å². The van der Waals surface area contributed by atoms with E-state index in [0.29, 0.717) is 11.1 Å². The van der Waals surface area contributed by atoms with E-state index < -0.39 is 11.6 Å². The zero-order valence-corrected chi connectivity index (χ0v) is 19.1. The molecule has 0 radical (unpaired) electrons. The van der Waals surface area contributed by atoms with Gasteiger partial charge in [0.05, 0.1) is 25.8 Å². The number of aromatic nitrogens is 2. The highest BCUT2D eigenvalue weighted by atomic mass is 16.6. The minimum Gasteiger partial charge on any atom is -0.454 e. The number of ether oxygens (including phenoxy) is 1. The van der Waals surface area contributed by atoms with Crippen molar-refractivity contribution in [3.63, 3.8) is 0 Å². The van der Waals surface area contributed by atoms with Crippen LogP contribution in [0.5, 0.6) is 0 Å². The lowest BCUT2D eigenvalue weighted by Gasteiger charge is -2.41. The molecule has 1 aliphatic heterocycles. The summed E-state index contributed by atoms with van der Waals surface area (Å²) in [6, 6.07) is 18.1. The largest absolute Gasteiger partial charge is 0.454 e. The van der Waals surface area contributed by atoms with Gasteiger partial charge in [-0.1, -0.05) is 60.7 Å². The molecule has 2 aromatic carbocycles. The maximum Gasteiger partial charge on any atom is 0.348 e. The third-order valence-electron chi connectivity index (χ3n) is 6.57. The van der Waals surface area contributed by atoms with Crippen LogP contribution in [0.25, 0.3) is 0 Å². The molecule has 0 spiro atoms. The Morgan fingerprint density at radius 2 is 1.76 bits per heavy atom. The minimum absolute atomic E-state index is 0.230. The van der Waals surface area contributed by atoms with Crippen LogP contribution in [0, 0.1) is 0 Å². The van der Waals surface area contributed by atoms with Crippen LogP contribution < -0.4 is 0 Å². The highest BCUT2D eigenvalue weighted by Gasteiger charge is 2.44. The molecule has 1 N–H and O–H groups in total. The number of nitrogens with zero attached hydrogens (tertiary/aromatic N) is 3. The van der Waals surface area contributed by atoms with Crippen LogP contribution in [0.1, 0.15) is 36.1 Å². The number of hydrogen-bond donors (Lipinski definition) is 1. The SMILES string of the molecule is C[N+]1(CCCc2cnccn2)CCCC(OC(=O)C(O)(c2ccccc2)c2ccccc2)C1. The summed E-state index contributed by atoms with van der Waals surface area (Å²) in [6.45, 7) is 2.77. The first-order chi connectivity index (χ1) is 16.0. The first-order valence-electron chi connectivity index (χ1n) is 11.6. The van der Waals surface area contributed by atoms with E-state index in [9.17, 15) is 9.90 Å². The van der Waals surface area contributed by atoms with E-state index in [1.165, 1.54) is 0 Å². The molecule has 33 heavy (non-hydrogen) atoms. The second-order valence-electron chi connectivity index (χ2n) is 9.16. The normalized spacial score (nSPS) is 20.8. The number of carbonyl (C=O) groups excluding carboxylic acids is 1. The van der Waals surface area contributed by atoms with Gasteiger partial charge < -0.3 is 14.3 Å². The Balaban J connectivity index is 1.44. The van der Waals surface area contributed by atoms with Gasteiger partial charge in [0.15, 0.2) is 6.10 Å². The first kappa shape index (κ1) is 23.1. The van der Waals surface area contributed by atoms with Crippen molar-refractivity contribution in [3.8, 4) is 0 Å². The number of aliphatic hydroxyl groups is 1. The smallest absolute Gasteiger partial charge is 0.348 e. The Morgan fingerprint density at radius 3 is 2.36 bits per heavy atom. The van der Waals surface area contributed by atoms with Crippen molar-refractivity contribution in [1.29, 1.82) is 0 Å². The molecule has 6 heteroatoms. The molecule has 1 fully saturated rings. The number of likely N-dealkylation sites (tertiary alicyclic amines) is 1. The van der Waals surface area contributed by atoms with Crippen molar-refractivity contribution in [3.05, 3.63) is 96.1 Å². The monoisotopic (exact) mass is 446 g/mol. The lowest BCUT2D eigenvalue weighted by molar-refractivity contribution is -0.917. The summed E-state index contributed by atoms with van der Waals surface area (Å²) in [4.78, 5) is 21.9. The molecular formula is C27H32N3O3+. The van der Waals surface area contributed by atoms with Crippen molar-refractivity contribution in [2.75, 3.05) is 26.7 Å². The average molecular weight is 447 g/mol. The van der Waals surface area contributed by atoms with Crippen LogP contribution in [-0.2, 0) is 21.6 Å². The number of hydrogen-bond acceptors (Lipinski definition) is 5. The molecule has 1 aromatic heterocycles. The Labute approximate surface area is 195 Å². The number of esters is 1. The zero-order chi connectivity index (χ0) is 23.2. The van der Waals surface area contributed by atoms with E-state index in [4.69, 9.17) is 4.74 Å². The first-order valence-corrected chi connectivity index (χ1v) is 11.6. The number of likely N-dealkylation sites (N-methyl/N-ethyl adjacent to an activating group) is 1. The molecule has 1 aliphatic rings. The highest BCUT2D eigenvalue weighted by Crippen LogP contribution is 2.32. The third kappa shape index (κ3) is 5.46. The summed E-state index contributed by atoms with van der Waals surface area (Å²) >= 11 is 0. The van der Waals surface area contributed by atoms with Crippen LogP contribution in [0.2, 0.25) is 0 Å². The van der Waals surface area contributed by atoms with E-state index in [0.717, 1.165) is 55.5 Å². The molecule has 6 nitrogen and oxygen atoms in total. The van der Waals surface area contributed by atoms with Crippen LogP contribution >= 0.6 is 0 Å². The van der Waals surface area contributed by atoms with E-state index in [2.05, 4.69) is 17.0 Å². The maximum atomic E-state index is 13.4. The second kappa shape index (κ2) is 10.2. The lowest BCUT2D eigenvalue weighted by Crippen LogP contribution is -2.55. The molecule has 3 aromatic rings. The van der Waals surface area contributed by atoms with Crippen molar-refractivity contribution >= 4 is 5.97 Å². The quantitative estimate of drug-likeness (QED) is 0.424. The molecule has 1 saturated heterocycles. The number of carbonyl (C=O) groups is 1. The second-order valence-corrected chi connectivity index (χ2v) is 9.16. The molecule has 0 saturated carbocycles. The van der Waals surface area contributed by atoms with Gasteiger partial charge in [-0.3, -0.25) is 9.97 Å². The minimum atomic E-state index is -1.84. The molecule has 2 atom stereocenters. The molecule has 0 bridgehead atoms. The fraction of sp³-hybridized carbons (Fsp3) is 0.370. The standard InChI is InChI=1S/C27H32N3O3/c1-30(18-8-14-24-20-28-16-17-29-24)19-9-15-25(21-30)33-26(31)27(32,22-10-4-2-5-11-22)23-12-6-3-7-13-23/h2-7,10-13,16-17,20,25,32H,8-9,14-15,18-19,21H2,1H3/q+1. The van der Waals surface area contributed by atoms with Crippen LogP contribution in [-0.4, -0.2) is 58.3 Å². The Bertz CT molecular complexity index is 991. The summed E-state index contributed by atoms with van der Waals surface area (Å²) in [5.74, 6) is -0.613. The number of quaternary nitrogens is 1. The van der Waals surface area contributed by atoms with Gasteiger partial charge in [-0.15, -0.1) is 0 Å². The van der Waals surface area contributed by atoms with Gasteiger partial charge in [0.1, 0.15) is 6.54 Å². The number of rotatable bonds is 8. The molecular weight excluding hydrogens is 414 g/mol. The molecule has 0 amide bonds. The predicted molar refractivity (Wildman–Crippen MR) is 126 cm³/mol. The van der Waals surface area contributed by atoms with Crippen molar-refractivity contribution < 1.29 is 19.1 Å². The average Bonchev–Trinajstić information content (AvgIpc) is 2.85. The summed E-state index contributed by atoms with van der Waals surface area (Å²) in [5, 5.41) is 11.7. The van der Waals surface area contributed by atoms with Gasteiger partial charge in [0.25, 0.3) is 0 Å². The third-order valence-corrected chi connectivity index (χ3v) is 6.57. The van der Waals surface area contributed by atoms with Crippen molar-refractivity contribution in [1.82, 2.24) is 9.97 Å². The topological polar surface area (TPSA) is 72.3 Å². The zero-order valence-electron chi connectivity index (χ0n) is 19.1. The van der Waals surface area contributed by atoms with E-state index >= 15 is 0 Å². The summed E-state index contributed by atoms with van der Waals surface area (Å²) < 4.78 is 6.84. The van der Waals surface area contributed by atoms with Gasteiger partial charge in [-0.25, -0.2) is 4.79 Å². The molecule has 2 unspecified atom stereocenters. The van der Waals surface area contributed by atoms with Crippen LogP contribution in [0.4, 0.5) is 0 Å². The lowest BCUT2D eigenvalue weighted by atomic mass is 9.86. The highest BCUT2D eigenvalue weighted by molar-refractivity contribution is 5.85. The fourth-order valence-corrected chi connectivity index (χ4v) is 4.77. The predicted octanol–water partition coefficient (Wildman–Crippen LogP) is 3.50. The molecule has 172 valence electrons. The molecule has 0 aliphatic carbocycles. The summed E-state index contributed by atoms with van der Waals surface area (Å²) in [6.07, 6.45) is 8.66. The molecule has 4 rings (SSSR count). The van der Waals surface area contributed by atoms with Crippen molar-refractivity contribution in [2.45, 2.75) is 37.4 Å². The fourth-order valence-electron chi connectivity index (χ4n) is 4.77. The van der Waals surface area contributed by atoms with E-state index in [-0.39, 0.29) is 6.10 Å². The van der Waals surface area contributed by atoms with Crippen LogP contribution in [0.15, 0.2) is 79.3 Å². The summed E-state index contributed by atoms with van der Waals surface area (Å²) in [5.41, 5.74) is 0.186. The van der Waals surface area contributed by atoms with E-state index in [1.54, 1.807) is 36.7 Å². The summed E-state index contributed by atoms with van der Waals surface area (Å²) in [7, 11) is 2.22. The Kier molecular flexibility index (Phi) is 7.16. The molecule has 2 heterocycles. The van der Waals surface area contributed by atoms with Gasteiger partial charge in [0, 0.05) is 31.4 Å². The number of benzene rings is 2. The van der Waals surface area contributed by atoms with Crippen LogP contribution in [0.3, 0.4) is 0 Å². The van der Waals surface area contributed by atoms with Gasteiger partial charge in [-0.05, 0) is 24.0 Å². The number of piperidine rings is 1. The maximum absolute atomic E-state index is 13.4. The van der Waals surface area contributed by atoms with Gasteiger partial charge in [-0.2, -0.15) is 0 Å².